The highest BCUT2D eigenvalue weighted by molar-refractivity contribution is 6.30. The number of ether oxygens (including phenoxy) is 1. The number of carbonyl (C=O) groups excluding carboxylic acids is 1. The molecule has 0 aliphatic rings. The fraction of sp³-hybridized carbons (Fsp3) is 0.300. The van der Waals surface area contributed by atoms with Crippen LogP contribution in [0.2, 0.25) is 0 Å². The number of ketones is 1. The van der Waals surface area contributed by atoms with E-state index in [9.17, 15) is 13.6 Å². The second kappa shape index (κ2) is 5.07. The van der Waals surface area contributed by atoms with Crippen molar-refractivity contribution in [2.75, 3.05) is 5.88 Å². The molecule has 0 fully saturated rings. The molecule has 0 saturated heterocycles. The second-order valence-electron chi connectivity index (χ2n) is 2.92. The average molecular weight is 235 g/mol. The lowest BCUT2D eigenvalue weighted by Gasteiger charge is -2.08. The van der Waals surface area contributed by atoms with E-state index in [0.717, 1.165) is 0 Å². The summed E-state index contributed by atoms with van der Waals surface area (Å²) in [4.78, 5) is 11.2. The molecule has 0 radical (unpaired) electrons. The van der Waals surface area contributed by atoms with Gasteiger partial charge in [-0.2, -0.15) is 8.78 Å². The molecule has 82 valence electrons. The molecule has 0 saturated carbocycles. The first-order valence-electron chi connectivity index (χ1n) is 4.19. The fourth-order valence-corrected chi connectivity index (χ4v) is 1.23. The minimum Gasteiger partial charge on any atom is -0.435 e. The molecule has 2 nitrogen and oxygen atoms in total. The molecular weight excluding hydrogens is 226 g/mol. The third-order valence-corrected chi connectivity index (χ3v) is 2.09. The van der Waals surface area contributed by atoms with E-state index in [1.54, 1.807) is 6.92 Å². The predicted molar refractivity (Wildman–Crippen MR) is 52.9 cm³/mol. The van der Waals surface area contributed by atoms with Gasteiger partial charge in [0.2, 0.25) is 0 Å². The number of carbonyl (C=O) groups is 1. The van der Waals surface area contributed by atoms with E-state index in [4.69, 9.17) is 11.6 Å². The Bertz CT molecular complexity index is 366. The lowest BCUT2D eigenvalue weighted by molar-refractivity contribution is -0.0503. The maximum atomic E-state index is 12.0. The van der Waals surface area contributed by atoms with Crippen LogP contribution in [0.1, 0.15) is 15.9 Å². The van der Waals surface area contributed by atoms with Crippen LogP contribution in [0.3, 0.4) is 0 Å². The van der Waals surface area contributed by atoms with Gasteiger partial charge in [-0.3, -0.25) is 4.79 Å². The maximum absolute atomic E-state index is 12.0. The molecule has 0 spiro atoms. The first kappa shape index (κ1) is 11.9. The number of Topliss-reactive ketones (excluding diaryl/α,β-unsaturated/α-hetero) is 1. The average Bonchev–Trinajstić information content (AvgIpc) is 2.19. The Balaban J connectivity index is 2.99. The standard InChI is InChI=1S/C10H9ClF2O2/c1-6-2-3-7(8(14)5-11)4-9(6)15-10(12)13/h2-4,10H,5H2,1H3. The van der Waals surface area contributed by atoms with Gasteiger partial charge in [0.05, 0.1) is 5.88 Å². The monoisotopic (exact) mass is 234 g/mol. The number of halogens is 3. The van der Waals surface area contributed by atoms with Crippen LogP contribution in [0.4, 0.5) is 8.78 Å². The summed E-state index contributed by atoms with van der Waals surface area (Å²) in [5.74, 6) is -0.506. The van der Waals surface area contributed by atoms with Crippen LogP contribution in [-0.2, 0) is 0 Å². The topological polar surface area (TPSA) is 26.3 Å². The summed E-state index contributed by atoms with van der Waals surface area (Å²) in [6, 6.07) is 4.34. The van der Waals surface area contributed by atoms with Gasteiger partial charge in [0.25, 0.3) is 0 Å². The van der Waals surface area contributed by atoms with Crippen molar-refractivity contribution in [3.05, 3.63) is 29.3 Å². The van der Waals surface area contributed by atoms with Crippen LogP contribution in [0, 0.1) is 6.92 Å². The van der Waals surface area contributed by atoms with Crippen LogP contribution in [0.15, 0.2) is 18.2 Å². The zero-order valence-corrected chi connectivity index (χ0v) is 8.72. The Morgan fingerprint density at radius 2 is 2.20 bits per heavy atom. The minimum atomic E-state index is -2.90. The number of hydrogen-bond donors (Lipinski definition) is 0. The molecule has 0 atom stereocenters. The van der Waals surface area contributed by atoms with Gasteiger partial charge in [0.1, 0.15) is 5.75 Å². The molecule has 0 aliphatic carbocycles. The highest BCUT2D eigenvalue weighted by Crippen LogP contribution is 2.22. The summed E-state index contributed by atoms with van der Waals surface area (Å²) >= 11 is 5.35. The van der Waals surface area contributed by atoms with Crippen molar-refractivity contribution in [3.8, 4) is 5.75 Å². The van der Waals surface area contributed by atoms with E-state index in [-0.39, 0.29) is 23.0 Å². The summed E-state index contributed by atoms with van der Waals surface area (Å²) in [6.07, 6.45) is 0. The van der Waals surface area contributed by atoms with Crippen molar-refractivity contribution >= 4 is 17.4 Å². The van der Waals surface area contributed by atoms with E-state index in [1.165, 1.54) is 18.2 Å². The third kappa shape index (κ3) is 3.16. The normalized spacial score (nSPS) is 10.5. The first-order valence-corrected chi connectivity index (χ1v) is 4.72. The summed E-state index contributed by atoms with van der Waals surface area (Å²) in [5, 5.41) is 0. The van der Waals surface area contributed by atoms with E-state index in [1.807, 2.05) is 0 Å². The molecule has 0 heterocycles. The molecule has 5 heteroatoms. The second-order valence-corrected chi connectivity index (χ2v) is 3.18. The van der Waals surface area contributed by atoms with Crippen LogP contribution >= 0.6 is 11.6 Å². The molecule has 1 aromatic rings. The Kier molecular flexibility index (Phi) is 4.03. The van der Waals surface area contributed by atoms with Crippen molar-refractivity contribution in [3.63, 3.8) is 0 Å². The van der Waals surface area contributed by atoms with Gasteiger partial charge in [0, 0.05) is 5.56 Å². The van der Waals surface area contributed by atoms with Crippen LogP contribution in [0.5, 0.6) is 5.75 Å². The van der Waals surface area contributed by atoms with Gasteiger partial charge in [-0.15, -0.1) is 11.6 Å². The Hall–Kier alpha value is -1.16. The lowest BCUT2D eigenvalue weighted by Crippen LogP contribution is -2.06. The van der Waals surface area contributed by atoms with Gasteiger partial charge in [-0.25, -0.2) is 0 Å². The zero-order valence-electron chi connectivity index (χ0n) is 7.97. The molecule has 1 rings (SSSR count). The Labute approximate surface area is 90.8 Å². The summed E-state index contributed by atoms with van der Waals surface area (Å²) in [7, 11) is 0. The van der Waals surface area contributed by atoms with E-state index in [0.29, 0.717) is 5.56 Å². The number of hydrogen-bond acceptors (Lipinski definition) is 2. The van der Waals surface area contributed by atoms with Crippen molar-refractivity contribution in [2.45, 2.75) is 13.5 Å². The summed E-state index contributed by atoms with van der Waals surface area (Å²) in [5.41, 5.74) is 0.813. The molecular formula is C10H9ClF2O2. The largest absolute Gasteiger partial charge is 0.435 e. The van der Waals surface area contributed by atoms with E-state index in [2.05, 4.69) is 4.74 Å². The van der Waals surface area contributed by atoms with Gasteiger partial charge in [-0.1, -0.05) is 12.1 Å². The number of rotatable bonds is 4. The smallest absolute Gasteiger partial charge is 0.387 e. The fourth-order valence-electron chi connectivity index (χ4n) is 1.07. The molecule has 0 aliphatic heterocycles. The lowest BCUT2D eigenvalue weighted by atomic mass is 10.1. The SMILES string of the molecule is Cc1ccc(C(=O)CCl)cc1OC(F)F. The number of benzene rings is 1. The van der Waals surface area contributed by atoms with Gasteiger partial charge >= 0.3 is 6.61 Å². The van der Waals surface area contributed by atoms with Crippen LogP contribution in [0.25, 0.3) is 0 Å². The Morgan fingerprint density at radius 1 is 1.53 bits per heavy atom. The molecule has 1 aromatic carbocycles. The Morgan fingerprint density at radius 3 is 2.73 bits per heavy atom. The van der Waals surface area contributed by atoms with E-state index >= 15 is 0 Å². The third-order valence-electron chi connectivity index (χ3n) is 1.85. The molecule has 0 amide bonds. The van der Waals surface area contributed by atoms with Crippen molar-refractivity contribution in [1.82, 2.24) is 0 Å². The predicted octanol–water partition coefficient (Wildman–Crippen LogP) is 3.02. The van der Waals surface area contributed by atoms with Crippen molar-refractivity contribution in [1.29, 1.82) is 0 Å². The molecule has 0 aromatic heterocycles. The van der Waals surface area contributed by atoms with Crippen molar-refractivity contribution < 1.29 is 18.3 Å². The quantitative estimate of drug-likeness (QED) is 0.591. The highest BCUT2D eigenvalue weighted by Gasteiger charge is 2.11. The molecule has 15 heavy (non-hydrogen) atoms. The summed E-state index contributed by atoms with van der Waals surface area (Å²) < 4.78 is 28.2. The maximum Gasteiger partial charge on any atom is 0.387 e. The van der Waals surface area contributed by atoms with Crippen LogP contribution < -0.4 is 4.74 Å². The summed E-state index contributed by atoms with van der Waals surface area (Å²) in [6.45, 7) is -1.28. The van der Waals surface area contributed by atoms with Gasteiger partial charge in [-0.05, 0) is 18.6 Å². The van der Waals surface area contributed by atoms with Gasteiger partial charge < -0.3 is 4.74 Å². The first-order chi connectivity index (χ1) is 7.04. The highest BCUT2D eigenvalue weighted by atomic mass is 35.5. The molecule has 0 unspecified atom stereocenters. The zero-order chi connectivity index (χ0) is 11.4. The van der Waals surface area contributed by atoms with Gasteiger partial charge in [0.15, 0.2) is 5.78 Å². The van der Waals surface area contributed by atoms with E-state index < -0.39 is 6.61 Å². The minimum absolute atomic E-state index is 0.000895. The number of aryl methyl sites for hydroxylation is 1. The molecule has 0 bridgehead atoms. The molecule has 0 N–H and O–H groups in total. The van der Waals surface area contributed by atoms with Crippen LogP contribution in [-0.4, -0.2) is 18.3 Å². The van der Waals surface area contributed by atoms with Crippen molar-refractivity contribution in [2.24, 2.45) is 0 Å². The number of alkyl halides is 3.